The van der Waals surface area contributed by atoms with Crippen LogP contribution in [0.25, 0.3) is 0 Å². The van der Waals surface area contributed by atoms with E-state index in [-0.39, 0.29) is 12.2 Å². The van der Waals surface area contributed by atoms with Gasteiger partial charge in [0, 0.05) is 5.69 Å². The Hall–Kier alpha value is -3.35. The summed E-state index contributed by atoms with van der Waals surface area (Å²) in [5, 5.41) is 2.69. The van der Waals surface area contributed by atoms with Crippen molar-refractivity contribution in [3.63, 3.8) is 0 Å². The number of rotatable bonds is 9. The Morgan fingerprint density at radius 3 is 2.21 bits per heavy atom. The molecule has 0 radical (unpaired) electrons. The zero-order chi connectivity index (χ0) is 20.5. The molecule has 0 saturated carbocycles. The monoisotopic (exact) mass is 384 g/mol. The standard InChI is InChI=1S/C21H24N2O5/c1-3-14(2)15-4-8-17(9-5-15)23-20(25)13-28-21(26)16-6-10-18(11-7-16)27-12-19(22)24/h4-11,14H,3,12-13H2,1-2H3,(H2,22,24)(H,23,25)/t14-/m1/s1. The predicted octanol–water partition coefficient (Wildman–Crippen LogP) is 2.86. The van der Waals surface area contributed by atoms with Crippen molar-refractivity contribution in [2.24, 2.45) is 5.73 Å². The zero-order valence-corrected chi connectivity index (χ0v) is 15.9. The lowest BCUT2D eigenvalue weighted by Crippen LogP contribution is -2.21. The Bertz CT molecular complexity index is 816. The SMILES string of the molecule is CC[C@@H](C)c1ccc(NC(=O)COC(=O)c2ccc(OCC(N)=O)cc2)cc1. The number of hydrogen-bond donors (Lipinski definition) is 2. The summed E-state index contributed by atoms with van der Waals surface area (Å²) in [5.41, 5.74) is 7.10. The molecule has 0 aliphatic heterocycles. The molecule has 0 aliphatic rings. The molecule has 7 nitrogen and oxygen atoms in total. The minimum absolute atomic E-state index is 0.248. The Morgan fingerprint density at radius 1 is 1.00 bits per heavy atom. The minimum Gasteiger partial charge on any atom is -0.484 e. The molecule has 2 aromatic carbocycles. The fourth-order valence-corrected chi connectivity index (χ4v) is 2.38. The lowest BCUT2D eigenvalue weighted by Gasteiger charge is -2.11. The topological polar surface area (TPSA) is 108 Å². The van der Waals surface area contributed by atoms with E-state index in [9.17, 15) is 14.4 Å². The number of nitrogens with one attached hydrogen (secondary N) is 1. The molecule has 0 bridgehead atoms. The first kappa shape index (κ1) is 21.0. The summed E-state index contributed by atoms with van der Waals surface area (Å²) in [6, 6.07) is 13.6. The summed E-state index contributed by atoms with van der Waals surface area (Å²) < 4.78 is 10.1. The van der Waals surface area contributed by atoms with Gasteiger partial charge in [-0.05, 0) is 54.3 Å². The van der Waals surface area contributed by atoms with Gasteiger partial charge < -0.3 is 20.5 Å². The summed E-state index contributed by atoms with van der Waals surface area (Å²) in [7, 11) is 0. The van der Waals surface area contributed by atoms with Crippen LogP contribution >= 0.6 is 0 Å². The van der Waals surface area contributed by atoms with E-state index in [0.29, 0.717) is 17.4 Å². The largest absolute Gasteiger partial charge is 0.484 e. The van der Waals surface area contributed by atoms with Gasteiger partial charge in [0.2, 0.25) is 0 Å². The minimum atomic E-state index is -0.635. The van der Waals surface area contributed by atoms with E-state index in [1.807, 2.05) is 24.3 Å². The van der Waals surface area contributed by atoms with Gasteiger partial charge in [-0.25, -0.2) is 4.79 Å². The van der Waals surface area contributed by atoms with Crippen LogP contribution in [0.1, 0.15) is 42.1 Å². The maximum Gasteiger partial charge on any atom is 0.338 e. The number of nitrogens with two attached hydrogens (primary N) is 1. The Morgan fingerprint density at radius 2 is 1.64 bits per heavy atom. The average Bonchev–Trinajstić information content (AvgIpc) is 2.70. The maximum absolute atomic E-state index is 12.0. The number of hydrogen-bond acceptors (Lipinski definition) is 5. The molecule has 3 N–H and O–H groups in total. The molecule has 2 aromatic rings. The first-order valence-electron chi connectivity index (χ1n) is 8.97. The predicted molar refractivity (Wildman–Crippen MR) is 105 cm³/mol. The van der Waals surface area contributed by atoms with Gasteiger partial charge in [0.05, 0.1) is 5.56 Å². The van der Waals surface area contributed by atoms with Gasteiger partial charge in [-0.1, -0.05) is 26.0 Å². The highest BCUT2D eigenvalue weighted by atomic mass is 16.5. The number of amides is 2. The lowest BCUT2D eigenvalue weighted by atomic mass is 9.99. The van der Waals surface area contributed by atoms with Crippen molar-refractivity contribution in [2.45, 2.75) is 26.2 Å². The normalized spacial score (nSPS) is 11.4. The van der Waals surface area contributed by atoms with Crippen LogP contribution in [0.5, 0.6) is 5.75 Å². The Balaban J connectivity index is 1.81. The van der Waals surface area contributed by atoms with Crippen LogP contribution in [-0.2, 0) is 14.3 Å². The molecule has 0 unspecified atom stereocenters. The number of benzene rings is 2. The maximum atomic E-state index is 12.0. The van der Waals surface area contributed by atoms with Crippen molar-refractivity contribution in [1.82, 2.24) is 0 Å². The Kier molecular flexibility index (Phi) is 7.56. The molecule has 0 spiro atoms. The molecule has 0 fully saturated rings. The fraction of sp³-hybridized carbons (Fsp3) is 0.286. The van der Waals surface area contributed by atoms with Crippen molar-refractivity contribution in [3.8, 4) is 5.75 Å². The first-order chi connectivity index (χ1) is 13.4. The van der Waals surface area contributed by atoms with Gasteiger partial charge in [0.25, 0.3) is 11.8 Å². The summed E-state index contributed by atoms with van der Waals surface area (Å²) in [6.07, 6.45) is 1.04. The molecule has 7 heteroatoms. The van der Waals surface area contributed by atoms with Crippen molar-refractivity contribution < 1.29 is 23.9 Å². The van der Waals surface area contributed by atoms with E-state index in [1.54, 1.807) is 0 Å². The number of carbonyl (C=O) groups is 3. The van der Waals surface area contributed by atoms with Gasteiger partial charge in [0.15, 0.2) is 13.2 Å². The lowest BCUT2D eigenvalue weighted by molar-refractivity contribution is -0.120. The Labute approximate surface area is 163 Å². The van der Waals surface area contributed by atoms with Crippen molar-refractivity contribution in [1.29, 1.82) is 0 Å². The molecule has 2 amide bonds. The van der Waals surface area contributed by atoms with Crippen LogP contribution in [-0.4, -0.2) is 31.0 Å². The molecule has 0 aromatic heterocycles. The highest BCUT2D eigenvalue weighted by Crippen LogP contribution is 2.20. The second-order valence-electron chi connectivity index (χ2n) is 6.33. The quantitative estimate of drug-likeness (QED) is 0.647. The first-order valence-corrected chi connectivity index (χ1v) is 8.97. The highest BCUT2D eigenvalue weighted by Gasteiger charge is 2.11. The van der Waals surface area contributed by atoms with E-state index in [2.05, 4.69) is 19.2 Å². The highest BCUT2D eigenvalue weighted by molar-refractivity contribution is 5.95. The van der Waals surface area contributed by atoms with E-state index in [4.69, 9.17) is 15.2 Å². The number of carbonyl (C=O) groups excluding carboxylic acids is 3. The molecular formula is C21H24N2O5. The smallest absolute Gasteiger partial charge is 0.338 e. The van der Waals surface area contributed by atoms with E-state index in [1.165, 1.54) is 29.8 Å². The summed E-state index contributed by atoms with van der Waals surface area (Å²) in [4.78, 5) is 34.7. The van der Waals surface area contributed by atoms with Gasteiger partial charge in [-0.15, -0.1) is 0 Å². The van der Waals surface area contributed by atoms with E-state index >= 15 is 0 Å². The molecule has 0 saturated heterocycles. The van der Waals surface area contributed by atoms with Crippen LogP contribution < -0.4 is 15.8 Å². The van der Waals surface area contributed by atoms with Crippen LogP contribution in [0.2, 0.25) is 0 Å². The molecule has 148 valence electrons. The van der Waals surface area contributed by atoms with Crippen LogP contribution in [0.3, 0.4) is 0 Å². The summed E-state index contributed by atoms with van der Waals surface area (Å²) >= 11 is 0. The van der Waals surface area contributed by atoms with Crippen LogP contribution in [0, 0.1) is 0 Å². The third-order valence-electron chi connectivity index (χ3n) is 4.18. The fourth-order valence-electron chi connectivity index (χ4n) is 2.38. The second-order valence-corrected chi connectivity index (χ2v) is 6.33. The van der Waals surface area contributed by atoms with Crippen molar-refractivity contribution >= 4 is 23.5 Å². The van der Waals surface area contributed by atoms with E-state index < -0.39 is 24.4 Å². The van der Waals surface area contributed by atoms with Gasteiger partial charge in [-0.3, -0.25) is 9.59 Å². The number of ether oxygens (including phenoxy) is 2. The third-order valence-corrected chi connectivity index (χ3v) is 4.18. The van der Waals surface area contributed by atoms with Gasteiger partial charge in [-0.2, -0.15) is 0 Å². The molecule has 28 heavy (non-hydrogen) atoms. The zero-order valence-electron chi connectivity index (χ0n) is 15.9. The molecular weight excluding hydrogens is 360 g/mol. The average molecular weight is 384 g/mol. The van der Waals surface area contributed by atoms with Crippen LogP contribution in [0.4, 0.5) is 5.69 Å². The second kappa shape index (κ2) is 10.1. The third kappa shape index (κ3) is 6.42. The molecule has 2 rings (SSSR count). The molecule has 0 aliphatic carbocycles. The summed E-state index contributed by atoms with van der Waals surface area (Å²) in [5.74, 6) is -0.800. The van der Waals surface area contributed by atoms with Crippen molar-refractivity contribution in [2.75, 3.05) is 18.5 Å². The van der Waals surface area contributed by atoms with E-state index in [0.717, 1.165) is 6.42 Å². The number of esters is 1. The van der Waals surface area contributed by atoms with Crippen molar-refractivity contribution in [3.05, 3.63) is 59.7 Å². The molecule has 0 heterocycles. The van der Waals surface area contributed by atoms with Crippen LogP contribution in [0.15, 0.2) is 48.5 Å². The summed E-state index contributed by atoms with van der Waals surface area (Å²) in [6.45, 7) is 3.62. The number of anilines is 1. The van der Waals surface area contributed by atoms with Gasteiger partial charge in [0.1, 0.15) is 5.75 Å². The molecule has 1 atom stereocenters. The van der Waals surface area contributed by atoms with Gasteiger partial charge >= 0.3 is 5.97 Å². The number of primary amides is 1.